The maximum atomic E-state index is 13.9. The lowest BCUT2D eigenvalue weighted by Gasteiger charge is -2.05. The van der Waals surface area contributed by atoms with E-state index in [9.17, 15) is 22.0 Å². The standard InChI is InChI=1S/C17H15F2N3O4S2/c1-26-8-7-22-13-6-5-10(28(20,24)25)9-14(13)27-17(22)21-16(23)15-11(18)3-2-4-12(15)19/h2-6,9H,7-8H2,1H3,(H2,20,24,25). The van der Waals surface area contributed by atoms with Gasteiger partial charge in [-0.3, -0.25) is 4.79 Å². The van der Waals surface area contributed by atoms with E-state index in [1.807, 2.05) is 0 Å². The van der Waals surface area contributed by atoms with Crippen LogP contribution < -0.4 is 9.94 Å². The zero-order valence-electron chi connectivity index (χ0n) is 14.6. The minimum atomic E-state index is -3.92. The number of halogens is 2. The fourth-order valence-electron chi connectivity index (χ4n) is 2.56. The fourth-order valence-corrected chi connectivity index (χ4v) is 4.27. The number of hydrogen-bond donors (Lipinski definition) is 1. The highest BCUT2D eigenvalue weighted by molar-refractivity contribution is 7.89. The van der Waals surface area contributed by atoms with Crippen LogP contribution in [-0.4, -0.2) is 32.6 Å². The Labute approximate surface area is 162 Å². The Hall–Kier alpha value is -2.47. The minimum absolute atomic E-state index is 0.0989. The molecule has 0 spiro atoms. The Balaban J connectivity index is 2.20. The molecule has 0 radical (unpaired) electrons. The van der Waals surface area contributed by atoms with Crippen LogP contribution in [0.4, 0.5) is 8.78 Å². The van der Waals surface area contributed by atoms with Gasteiger partial charge in [0.25, 0.3) is 5.91 Å². The van der Waals surface area contributed by atoms with E-state index >= 15 is 0 Å². The van der Waals surface area contributed by atoms with Gasteiger partial charge in [-0.2, -0.15) is 4.99 Å². The van der Waals surface area contributed by atoms with Gasteiger partial charge in [-0.1, -0.05) is 17.4 Å². The molecule has 3 rings (SSSR count). The molecule has 0 unspecified atom stereocenters. The summed E-state index contributed by atoms with van der Waals surface area (Å²) in [5.74, 6) is -3.12. The monoisotopic (exact) mass is 427 g/mol. The van der Waals surface area contributed by atoms with Gasteiger partial charge >= 0.3 is 0 Å². The van der Waals surface area contributed by atoms with Crippen molar-refractivity contribution in [3.63, 3.8) is 0 Å². The van der Waals surface area contributed by atoms with Gasteiger partial charge in [0.1, 0.15) is 17.2 Å². The summed E-state index contributed by atoms with van der Waals surface area (Å²) in [5, 5.41) is 5.15. The predicted molar refractivity (Wildman–Crippen MR) is 99.3 cm³/mol. The molecule has 0 bridgehead atoms. The SMILES string of the molecule is COCCn1c(=NC(=O)c2c(F)cccc2F)sc2cc(S(N)(=O)=O)ccc21. The van der Waals surface area contributed by atoms with Crippen LogP contribution in [0.15, 0.2) is 46.3 Å². The lowest BCUT2D eigenvalue weighted by atomic mass is 10.2. The van der Waals surface area contributed by atoms with Crippen molar-refractivity contribution in [3.05, 3.63) is 58.4 Å². The van der Waals surface area contributed by atoms with Crippen LogP contribution in [0.2, 0.25) is 0 Å². The molecule has 2 aromatic carbocycles. The molecule has 1 aromatic heterocycles. The number of ether oxygens (including phenoxy) is 1. The van der Waals surface area contributed by atoms with Crippen molar-refractivity contribution < 1.29 is 26.7 Å². The van der Waals surface area contributed by atoms with Crippen LogP contribution in [-0.2, 0) is 21.3 Å². The van der Waals surface area contributed by atoms with E-state index in [2.05, 4.69) is 4.99 Å². The van der Waals surface area contributed by atoms with E-state index in [0.717, 1.165) is 29.5 Å². The highest BCUT2D eigenvalue weighted by Crippen LogP contribution is 2.22. The van der Waals surface area contributed by atoms with Gasteiger partial charge in [-0.15, -0.1) is 0 Å². The number of carbonyl (C=O) groups excluding carboxylic acids is 1. The molecular formula is C17H15F2N3O4S2. The van der Waals surface area contributed by atoms with E-state index in [1.54, 1.807) is 4.57 Å². The third-order valence-electron chi connectivity index (χ3n) is 3.88. The zero-order chi connectivity index (χ0) is 20.5. The van der Waals surface area contributed by atoms with E-state index in [1.165, 1.54) is 25.3 Å². The first kappa shape index (κ1) is 20.3. The molecule has 11 heteroatoms. The maximum Gasteiger partial charge on any atom is 0.285 e. The largest absolute Gasteiger partial charge is 0.383 e. The lowest BCUT2D eigenvalue weighted by molar-refractivity contribution is 0.0989. The van der Waals surface area contributed by atoms with Gasteiger partial charge in [0, 0.05) is 13.7 Å². The number of nitrogens with two attached hydrogens (primary N) is 1. The van der Waals surface area contributed by atoms with Crippen LogP contribution in [0.3, 0.4) is 0 Å². The number of hydrogen-bond acceptors (Lipinski definition) is 5. The number of aromatic nitrogens is 1. The second-order valence-electron chi connectivity index (χ2n) is 5.72. The molecule has 0 aliphatic carbocycles. The number of sulfonamides is 1. The number of nitrogens with zero attached hydrogens (tertiary/aromatic N) is 2. The molecule has 0 atom stereocenters. The summed E-state index contributed by atoms with van der Waals surface area (Å²) >= 11 is 0.994. The van der Waals surface area contributed by atoms with Crippen molar-refractivity contribution in [2.75, 3.05) is 13.7 Å². The number of primary sulfonamides is 1. The Kier molecular flexibility index (Phi) is 5.70. The first-order valence-electron chi connectivity index (χ1n) is 7.90. The Morgan fingerprint density at radius 1 is 1.25 bits per heavy atom. The van der Waals surface area contributed by atoms with Crippen LogP contribution in [0.5, 0.6) is 0 Å². The van der Waals surface area contributed by atoms with E-state index in [4.69, 9.17) is 9.88 Å². The van der Waals surface area contributed by atoms with Crippen molar-refractivity contribution in [2.24, 2.45) is 10.1 Å². The smallest absolute Gasteiger partial charge is 0.285 e. The zero-order valence-corrected chi connectivity index (χ0v) is 16.2. The summed E-state index contributed by atoms with van der Waals surface area (Å²) in [6.45, 7) is 0.565. The van der Waals surface area contributed by atoms with Crippen LogP contribution in [0.1, 0.15) is 10.4 Å². The maximum absolute atomic E-state index is 13.9. The van der Waals surface area contributed by atoms with Gasteiger partial charge in [0.2, 0.25) is 10.0 Å². The van der Waals surface area contributed by atoms with Crippen molar-refractivity contribution in [2.45, 2.75) is 11.4 Å². The molecule has 148 valence electrons. The third kappa shape index (κ3) is 4.02. The van der Waals surface area contributed by atoms with Crippen molar-refractivity contribution in [1.82, 2.24) is 4.57 Å². The molecule has 0 fully saturated rings. The first-order chi connectivity index (χ1) is 13.2. The number of amides is 1. The molecule has 0 saturated carbocycles. The van der Waals surface area contributed by atoms with Gasteiger partial charge in [0.15, 0.2) is 4.80 Å². The summed E-state index contributed by atoms with van der Waals surface area (Å²) in [7, 11) is -2.43. The van der Waals surface area contributed by atoms with Crippen LogP contribution in [0, 0.1) is 11.6 Å². The predicted octanol–water partition coefficient (Wildman–Crippen LogP) is 2.02. The fraction of sp³-hybridized carbons (Fsp3) is 0.176. The molecule has 28 heavy (non-hydrogen) atoms. The number of methoxy groups -OCH3 is 1. The molecule has 0 aliphatic heterocycles. The third-order valence-corrected chi connectivity index (χ3v) is 5.83. The van der Waals surface area contributed by atoms with Gasteiger partial charge in [-0.05, 0) is 30.3 Å². The molecule has 0 aliphatic rings. The first-order valence-corrected chi connectivity index (χ1v) is 10.3. The number of fused-ring (bicyclic) bond motifs is 1. The summed E-state index contributed by atoms with van der Waals surface area (Å²) < 4.78 is 58.0. The normalized spacial score (nSPS) is 12.6. The molecule has 0 saturated heterocycles. The number of carbonyl (C=O) groups is 1. The van der Waals surface area contributed by atoms with Crippen molar-refractivity contribution in [3.8, 4) is 0 Å². The van der Waals surface area contributed by atoms with Gasteiger partial charge in [0.05, 0.1) is 21.7 Å². The van der Waals surface area contributed by atoms with Crippen LogP contribution in [0.25, 0.3) is 10.2 Å². The number of rotatable bonds is 5. The lowest BCUT2D eigenvalue weighted by Crippen LogP contribution is -2.20. The summed E-state index contributed by atoms with van der Waals surface area (Å²) in [4.78, 5) is 16.3. The molecule has 3 aromatic rings. The Morgan fingerprint density at radius 3 is 2.54 bits per heavy atom. The van der Waals surface area contributed by atoms with Crippen molar-refractivity contribution >= 4 is 37.5 Å². The Bertz CT molecular complexity index is 1210. The quantitative estimate of drug-likeness (QED) is 0.673. The van der Waals surface area contributed by atoms with E-state index < -0.39 is 33.1 Å². The number of thiazole rings is 1. The average Bonchev–Trinajstić information content (AvgIpc) is 2.95. The van der Waals surface area contributed by atoms with E-state index in [-0.39, 0.29) is 22.8 Å². The molecular weight excluding hydrogens is 412 g/mol. The van der Waals surface area contributed by atoms with Crippen molar-refractivity contribution in [1.29, 1.82) is 0 Å². The number of benzene rings is 2. The summed E-state index contributed by atoms with van der Waals surface area (Å²) in [6, 6.07) is 7.28. The highest BCUT2D eigenvalue weighted by atomic mass is 32.2. The van der Waals surface area contributed by atoms with Crippen LogP contribution >= 0.6 is 11.3 Å². The van der Waals surface area contributed by atoms with E-state index in [0.29, 0.717) is 10.2 Å². The van der Waals surface area contributed by atoms with Gasteiger partial charge < -0.3 is 9.30 Å². The molecule has 2 N–H and O–H groups in total. The topological polar surface area (TPSA) is 104 Å². The highest BCUT2D eigenvalue weighted by Gasteiger charge is 2.18. The summed E-state index contributed by atoms with van der Waals surface area (Å²) in [6.07, 6.45) is 0. The second kappa shape index (κ2) is 7.87. The summed E-state index contributed by atoms with van der Waals surface area (Å²) in [5.41, 5.74) is -0.182. The molecule has 7 nitrogen and oxygen atoms in total. The van der Waals surface area contributed by atoms with Gasteiger partial charge in [-0.25, -0.2) is 22.3 Å². The molecule has 1 heterocycles. The Morgan fingerprint density at radius 2 is 1.93 bits per heavy atom. The average molecular weight is 427 g/mol. The molecule has 1 amide bonds. The minimum Gasteiger partial charge on any atom is -0.383 e. The second-order valence-corrected chi connectivity index (χ2v) is 8.29.